The van der Waals surface area contributed by atoms with Crippen LogP contribution in [-0.4, -0.2) is 30.7 Å². The summed E-state index contributed by atoms with van der Waals surface area (Å²) >= 11 is 0. The summed E-state index contributed by atoms with van der Waals surface area (Å²) in [6, 6.07) is 10.1. The number of ether oxygens (including phenoxy) is 3. The highest BCUT2D eigenvalue weighted by Gasteiger charge is 2.20. The van der Waals surface area contributed by atoms with Gasteiger partial charge in [-0.2, -0.15) is 0 Å². The number of amides is 1. The molecule has 0 atom stereocenters. The second kappa shape index (κ2) is 7.56. The van der Waals surface area contributed by atoms with Crippen molar-refractivity contribution in [3.8, 4) is 11.5 Å². The molecule has 0 aliphatic carbocycles. The van der Waals surface area contributed by atoms with Gasteiger partial charge in [0.05, 0.1) is 12.0 Å². The van der Waals surface area contributed by atoms with Crippen molar-refractivity contribution in [2.75, 3.05) is 13.9 Å². The van der Waals surface area contributed by atoms with Crippen LogP contribution in [0.3, 0.4) is 0 Å². The van der Waals surface area contributed by atoms with Crippen LogP contribution in [0.25, 0.3) is 6.08 Å². The minimum absolute atomic E-state index is 0.0584. The Morgan fingerprint density at radius 2 is 1.93 bits per heavy atom. The molecule has 0 radical (unpaired) electrons. The van der Waals surface area contributed by atoms with Crippen molar-refractivity contribution in [1.29, 1.82) is 0 Å². The van der Waals surface area contributed by atoms with Crippen LogP contribution in [0.15, 0.2) is 48.2 Å². The van der Waals surface area contributed by atoms with Gasteiger partial charge < -0.3 is 19.5 Å². The van der Waals surface area contributed by atoms with Crippen molar-refractivity contribution < 1.29 is 28.7 Å². The molecule has 9 heteroatoms. The molecular formula is C18H14N2O7. The van der Waals surface area contributed by atoms with Crippen molar-refractivity contribution >= 4 is 23.6 Å². The molecule has 0 unspecified atom stereocenters. The number of fused-ring (bicyclic) bond motifs is 1. The first kappa shape index (κ1) is 17.9. The monoisotopic (exact) mass is 370 g/mol. The molecule has 9 nitrogen and oxygen atoms in total. The van der Waals surface area contributed by atoms with E-state index in [0.29, 0.717) is 17.1 Å². The molecule has 1 aliphatic heterocycles. The fraction of sp³-hybridized carbons (Fsp3) is 0.111. The van der Waals surface area contributed by atoms with E-state index in [1.165, 1.54) is 37.5 Å². The summed E-state index contributed by atoms with van der Waals surface area (Å²) in [6.45, 7) is 0.0584. The Bertz CT molecular complexity index is 935. The predicted octanol–water partition coefficient (Wildman–Crippen LogP) is 2.27. The number of rotatable bonds is 5. The third kappa shape index (κ3) is 3.87. The molecule has 0 bridgehead atoms. The molecule has 138 valence electrons. The van der Waals surface area contributed by atoms with E-state index < -0.39 is 16.8 Å². The molecule has 0 spiro atoms. The maximum absolute atomic E-state index is 12.4. The number of hydrogen-bond acceptors (Lipinski definition) is 7. The second-order valence-electron chi connectivity index (χ2n) is 5.39. The third-order valence-electron chi connectivity index (χ3n) is 3.72. The van der Waals surface area contributed by atoms with Gasteiger partial charge in [-0.25, -0.2) is 4.79 Å². The van der Waals surface area contributed by atoms with Gasteiger partial charge >= 0.3 is 5.97 Å². The fourth-order valence-electron chi connectivity index (χ4n) is 2.41. The van der Waals surface area contributed by atoms with Crippen molar-refractivity contribution in [3.63, 3.8) is 0 Å². The van der Waals surface area contributed by atoms with Gasteiger partial charge in [-0.05, 0) is 24.3 Å². The summed E-state index contributed by atoms with van der Waals surface area (Å²) in [6.07, 6.45) is 1.41. The number of carbonyl (C=O) groups is 2. The summed E-state index contributed by atoms with van der Waals surface area (Å²) in [4.78, 5) is 34.6. The minimum Gasteiger partial charge on any atom is -0.464 e. The molecule has 3 rings (SSSR count). The normalized spacial score (nSPS) is 12.4. The Balaban J connectivity index is 1.88. The molecule has 1 aliphatic rings. The summed E-state index contributed by atoms with van der Waals surface area (Å²) in [5.74, 6) is -0.411. The first-order valence-electron chi connectivity index (χ1n) is 7.74. The number of nitro groups is 1. The molecule has 2 aromatic carbocycles. The zero-order valence-corrected chi connectivity index (χ0v) is 14.1. The molecule has 0 aromatic heterocycles. The van der Waals surface area contributed by atoms with Gasteiger partial charge in [0.1, 0.15) is 5.70 Å². The highest BCUT2D eigenvalue weighted by atomic mass is 16.7. The van der Waals surface area contributed by atoms with Crippen LogP contribution in [0.1, 0.15) is 15.9 Å². The first-order chi connectivity index (χ1) is 13.0. The van der Waals surface area contributed by atoms with E-state index in [-0.39, 0.29) is 23.7 Å². The van der Waals surface area contributed by atoms with E-state index in [0.717, 1.165) is 0 Å². The number of nitro benzene ring substituents is 1. The van der Waals surface area contributed by atoms with Gasteiger partial charge in [0.25, 0.3) is 11.6 Å². The van der Waals surface area contributed by atoms with E-state index in [2.05, 4.69) is 5.32 Å². The number of nitrogens with zero attached hydrogens (tertiary/aromatic N) is 1. The number of hydrogen-bond donors (Lipinski definition) is 1. The number of methoxy groups -OCH3 is 1. The average Bonchev–Trinajstić information content (AvgIpc) is 3.16. The highest BCUT2D eigenvalue weighted by Crippen LogP contribution is 2.36. The summed E-state index contributed by atoms with van der Waals surface area (Å²) in [7, 11) is 1.18. The summed E-state index contributed by atoms with van der Waals surface area (Å²) in [5, 5.41) is 13.2. The lowest BCUT2D eigenvalue weighted by atomic mass is 10.1. The van der Waals surface area contributed by atoms with Gasteiger partial charge in [0, 0.05) is 23.3 Å². The van der Waals surface area contributed by atoms with Crippen molar-refractivity contribution in [2.45, 2.75) is 0 Å². The standard InChI is InChI=1S/C18H14N2O7/c1-25-18(22)14(9-12-3-2-4-15-16(12)27-10-26-15)19-17(21)11-5-7-13(8-6-11)20(23)24/h2-9H,10H2,1H3,(H,19,21)/b14-9-. The molecule has 2 aromatic rings. The minimum atomic E-state index is -0.762. The van der Waals surface area contributed by atoms with E-state index >= 15 is 0 Å². The van der Waals surface area contributed by atoms with Gasteiger partial charge in [-0.15, -0.1) is 0 Å². The number of nitrogens with one attached hydrogen (secondary N) is 1. The SMILES string of the molecule is COC(=O)/C(=C/c1cccc2c1OCO2)NC(=O)c1ccc([N+](=O)[O-])cc1. The molecule has 0 saturated heterocycles. The number of non-ortho nitro benzene ring substituents is 1. The average molecular weight is 370 g/mol. The van der Waals surface area contributed by atoms with Crippen LogP contribution in [0.4, 0.5) is 5.69 Å². The third-order valence-corrected chi connectivity index (χ3v) is 3.72. The van der Waals surface area contributed by atoms with Crippen molar-refractivity contribution in [1.82, 2.24) is 5.32 Å². The van der Waals surface area contributed by atoms with Crippen LogP contribution in [-0.2, 0) is 9.53 Å². The van der Waals surface area contributed by atoms with Crippen LogP contribution < -0.4 is 14.8 Å². The van der Waals surface area contributed by atoms with E-state index in [1.807, 2.05) is 0 Å². The Kier molecular flexibility index (Phi) is 5.02. The molecule has 0 fully saturated rings. The molecule has 27 heavy (non-hydrogen) atoms. The number of esters is 1. The lowest BCUT2D eigenvalue weighted by molar-refractivity contribution is -0.384. The van der Waals surface area contributed by atoms with E-state index in [9.17, 15) is 19.7 Å². The van der Waals surface area contributed by atoms with Crippen LogP contribution in [0.5, 0.6) is 11.5 Å². The zero-order valence-electron chi connectivity index (χ0n) is 14.1. The zero-order chi connectivity index (χ0) is 19.4. The molecule has 1 heterocycles. The van der Waals surface area contributed by atoms with Crippen LogP contribution >= 0.6 is 0 Å². The van der Waals surface area contributed by atoms with Crippen molar-refractivity contribution in [2.24, 2.45) is 0 Å². The highest BCUT2D eigenvalue weighted by molar-refractivity contribution is 6.03. The van der Waals surface area contributed by atoms with Gasteiger partial charge in [-0.3, -0.25) is 14.9 Å². The lowest BCUT2D eigenvalue weighted by Crippen LogP contribution is -2.28. The maximum Gasteiger partial charge on any atom is 0.354 e. The predicted molar refractivity (Wildman–Crippen MR) is 93.1 cm³/mol. The van der Waals surface area contributed by atoms with E-state index in [1.54, 1.807) is 18.2 Å². The largest absolute Gasteiger partial charge is 0.464 e. The van der Waals surface area contributed by atoms with E-state index in [4.69, 9.17) is 14.2 Å². The topological polar surface area (TPSA) is 117 Å². The summed E-state index contributed by atoms with van der Waals surface area (Å²) < 4.78 is 15.4. The first-order valence-corrected chi connectivity index (χ1v) is 7.74. The van der Waals surface area contributed by atoms with Gasteiger partial charge in [0.15, 0.2) is 11.5 Å². The molecule has 0 saturated carbocycles. The number of benzene rings is 2. The Hall–Kier alpha value is -3.88. The molecular weight excluding hydrogens is 356 g/mol. The van der Waals surface area contributed by atoms with Crippen molar-refractivity contribution in [3.05, 3.63) is 69.4 Å². The van der Waals surface area contributed by atoms with Crippen LogP contribution in [0.2, 0.25) is 0 Å². The lowest BCUT2D eigenvalue weighted by Gasteiger charge is -2.09. The summed E-state index contributed by atoms with van der Waals surface area (Å²) in [5.41, 5.74) is 0.403. The Morgan fingerprint density at radius 3 is 2.59 bits per heavy atom. The Labute approximate surface area is 153 Å². The fourth-order valence-corrected chi connectivity index (χ4v) is 2.41. The number of carbonyl (C=O) groups excluding carboxylic acids is 2. The molecule has 1 N–H and O–H groups in total. The smallest absolute Gasteiger partial charge is 0.354 e. The van der Waals surface area contributed by atoms with Crippen LogP contribution in [0, 0.1) is 10.1 Å². The number of para-hydroxylation sites is 1. The second-order valence-corrected chi connectivity index (χ2v) is 5.39. The van der Waals surface area contributed by atoms with Gasteiger partial charge in [0.2, 0.25) is 6.79 Å². The quantitative estimate of drug-likeness (QED) is 0.371. The maximum atomic E-state index is 12.4. The van der Waals surface area contributed by atoms with Gasteiger partial charge in [-0.1, -0.05) is 12.1 Å². The Morgan fingerprint density at radius 1 is 1.19 bits per heavy atom. The molecule has 1 amide bonds.